The van der Waals surface area contributed by atoms with Gasteiger partial charge in [0.05, 0.1) is 6.20 Å². The highest BCUT2D eigenvalue weighted by molar-refractivity contribution is 7.89. The first-order valence-electron chi connectivity index (χ1n) is 6.55. The van der Waals surface area contributed by atoms with E-state index in [9.17, 15) is 8.42 Å². The van der Waals surface area contributed by atoms with E-state index in [0.29, 0.717) is 5.92 Å². The van der Waals surface area contributed by atoms with Crippen molar-refractivity contribution in [2.75, 3.05) is 0 Å². The zero-order chi connectivity index (χ0) is 14.6. The number of hydrogen-bond donors (Lipinski definition) is 2. The molecule has 2 N–H and O–H groups in total. The summed E-state index contributed by atoms with van der Waals surface area (Å²) in [5.41, 5.74) is 0.966. The quantitative estimate of drug-likeness (QED) is 0.859. The largest absolute Gasteiger partial charge is 0.284 e. The molecule has 0 fully saturated rings. The zero-order valence-corrected chi connectivity index (χ0v) is 12.4. The minimum absolute atomic E-state index is 0.155. The maximum Gasteiger partial charge on any atom is 0.244 e. The fourth-order valence-electron chi connectivity index (χ4n) is 2.05. The lowest BCUT2D eigenvalue weighted by atomic mass is 9.98. The molecule has 5 nitrogen and oxygen atoms in total. The summed E-state index contributed by atoms with van der Waals surface area (Å²) in [7, 11) is -3.55. The Labute approximate surface area is 119 Å². The second kappa shape index (κ2) is 6.19. The second-order valence-electron chi connectivity index (χ2n) is 5.15. The van der Waals surface area contributed by atoms with E-state index in [2.05, 4.69) is 28.8 Å². The molecule has 1 atom stereocenters. The van der Waals surface area contributed by atoms with Crippen molar-refractivity contribution in [3.63, 3.8) is 0 Å². The highest BCUT2D eigenvalue weighted by atomic mass is 32.2. The van der Waals surface area contributed by atoms with Crippen LogP contribution in [0.15, 0.2) is 47.6 Å². The van der Waals surface area contributed by atoms with Crippen LogP contribution in [0.2, 0.25) is 0 Å². The fraction of sp³-hybridized carbons (Fsp3) is 0.357. The monoisotopic (exact) mass is 293 g/mol. The molecule has 1 aromatic carbocycles. The number of benzene rings is 1. The number of nitrogens with zero attached hydrogens (tertiary/aromatic N) is 1. The molecule has 2 aromatic rings. The molecule has 6 heteroatoms. The molecule has 0 saturated carbocycles. The smallest absolute Gasteiger partial charge is 0.244 e. The number of aromatic nitrogens is 2. The lowest BCUT2D eigenvalue weighted by molar-refractivity contribution is 0.472. The number of aromatic amines is 1. The molecule has 0 saturated heterocycles. The van der Waals surface area contributed by atoms with Gasteiger partial charge in [0.25, 0.3) is 0 Å². The summed E-state index contributed by atoms with van der Waals surface area (Å²) in [6.45, 7) is 4.14. The molecule has 20 heavy (non-hydrogen) atoms. The van der Waals surface area contributed by atoms with Gasteiger partial charge in [-0.2, -0.15) is 5.10 Å². The Morgan fingerprint density at radius 2 is 1.95 bits per heavy atom. The second-order valence-corrected chi connectivity index (χ2v) is 6.86. The maximum absolute atomic E-state index is 12.3. The van der Waals surface area contributed by atoms with Crippen molar-refractivity contribution in [1.29, 1.82) is 0 Å². The molecule has 0 spiro atoms. The van der Waals surface area contributed by atoms with Gasteiger partial charge in [-0.05, 0) is 17.9 Å². The highest BCUT2D eigenvalue weighted by Gasteiger charge is 2.22. The Kier molecular flexibility index (Phi) is 4.57. The molecular formula is C14H19N3O2S. The molecule has 0 aliphatic heterocycles. The first-order valence-corrected chi connectivity index (χ1v) is 8.03. The van der Waals surface area contributed by atoms with Crippen LogP contribution in [0.5, 0.6) is 0 Å². The van der Waals surface area contributed by atoms with Crippen LogP contribution >= 0.6 is 0 Å². The topological polar surface area (TPSA) is 74.8 Å². The van der Waals surface area contributed by atoms with Crippen molar-refractivity contribution in [2.45, 2.75) is 31.2 Å². The molecule has 0 aliphatic rings. The minimum Gasteiger partial charge on any atom is -0.284 e. The summed E-state index contributed by atoms with van der Waals surface area (Å²) in [4.78, 5) is 0.155. The van der Waals surface area contributed by atoms with Gasteiger partial charge in [0.1, 0.15) is 4.90 Å². The standard InChI is InChI=1S/C14H19N3O2S/c1-11(2)8-14(12-6-4-3-5-7-12)17-20(18,19)13-9-15-16-10-13/h3-7,9-11,14,17H,8H2,1-2H3,(H,15,16). The van der Waals surface area contributed by atoms with E-state index in [0.717, 1.165) is 12.0 Å². The van der Waals surface area contributed by atoms with Gasteiger partial charge in [0.2, 0.25) is 10.0 Å². The van der Waals surface area contributed by atoms with Crippen LogP contribution in [0, 0.1) is 5.92 Å². The molecule has 108 valence electrons. The fourth-order valence-corrected chi connectivity index (χ4v) is 3.19. The molecule has 1 unspecified atom stereocenters. The Morgan fingerprint density at radius 1 is 1.25 bits per heavy atom. The van der Waals surface area contributed by atoms with Gasteiger partial charge in [-0.1, -0.05) is 44.2 Å². The zero-order valence-electron chi connectivity index (χ0n) is 11.6. The van der Waals surface area contributed by atoms with Crippen molar-refractivity contribution in [3.05, 3.63) is 48.3 Å². The van der Waals surface area contributed by atoms with Crippen molar-refractivity contribution in [3.8, 4) is 0 Å². The first-order chi connectivity index (χ1) is 9.49. The van der Waals surface area contributed by atoms with E-state index in [1.807, 2.05) is 30.3 Å². The summed E-state index contributed by atoms with van der Waals surface area (Å²) in [5.74, 6) is 0.382. The van der Waals surface area contributed by atoms with Crippen molar-refractivity contribution in [2.24, 2.45) is 5.92 Å². The van der Waals surface area contributed by atoms with E-state index >= 15 is 0 Å². The summed E-state index contributed by atoms with van der Waals surface area (Å²) >= 11 is 0. The molecule has 1 heterocycles. The molecule has 0 aliphatic carbocycles. The van der Waals surface area contributed by atoms with Crippen LogP contribution in [0.1, 0.15) is 31.9 Å². The van der Waals surface area contributed by atoms with Gasteiger partial charge in [-0.15, -0.1) is 0 Å². The summed E-state index contributed by atoms with van der Waals surface area (Å²) in [5, 5.41) is 6.21. The lowest BCUT2D eigenvalue weighted by Crippen LogP contribution is -2.29. The maximum atomic E-state index is 12.3. The average Bonchev–Trinajstić information content (AvgIpc) is 2.93. The highest BCUT2D eigenvalue weighted by Crippen LogP contribution is 2.23. The lowest BCUT2D eigenvalue weighted by Gasteiger charge is -2.20. The first kappa shape index (κ1) is 14.7. The van der Waals surface area contributed by atoms with E-state index < -0.39 is 10.0 Å². The van der Waals surface area contributed by atoms with Crippen LogP contribution in [0.4, 0.5) is 0 Å². The van der Waals surface area contributed by atoms with E-state index in [4.69, 9.17) is 0 Å². The summed E-state index contributed by atoms with van der Waals surface area (Å²) in [6.07, 6.45) is 3.42. The molecule has 0 bridgehead atoms. The van der Waals surface area contributed by atoms with Crippen molar-refractivity contribution >= 4 is 10.0 Å². The number of H-pyrrole nitrogens is 1. The average molecular weight is 293 g/mol. The number of sulfonamides is 1. The van der Waals surface area contributed by atoms with Crippen molar-refractivity contribution in [1.82, 2.24) is 14.9 Å². The van der Waals surface area contributed by atoms with Gasteiger partial charge in [-0.25, -0.2) is 13.1 Å². The van der Waals surface area contributed by atoms with Gasteiger partial charge in [-0.3, -0.25) is 5.10 Å². The van der Waals surface area contributed by atoms with Gasteiger partial charge in [0.15, 0.2) is 0 Å². The van der Waals surface area contributed by atoms with Gasteiger partial charge < -0.3 is 0 Å². The van der Waals surface area contributed by atoms with Crippen LogP contribution < -0.4 is 4.72 Å². The van der Waals surface area contributed by atoms with Gasteiger partial charge >= 0.3 is 0 Å². The van der Waals surface area contributed by atoms with E-state index in [1.165, 1.54) is 12.4 Å². The third-order valence-electron chi connectivity index (χ3n) is 2.99. The third kappa shape index (κ3) is 3.68. The van der Waals surface area contributed by atoms with E-state index in [-0.39, 0.29) is 10.9 Å². The Bertz CT molecular complexity index is 622. The van der Waals surface area contributed by atoms with Gasteiger partial charge in [0, 0.05) is 12.2 Å². The van der Waals surface area contributed by atoms with Crippen molar-refractivity contribution < 1.29 is 8.42 Å². The number of hydrogen-bond acceptors (Lipinski definition) is 3. The third-order valence-corrected chi connectivity index (χ3v) is 4.43. The predicted octanol–water partition coefficient (Wildman–Crippen LogP) is 2.48. The number of nitrogens with one attached hydrogen (secondary N) is 2. The minimum atomic E-state index is -3.55. The van der Waals surface area contributed by atoms with Crippen LogP contribution in [-0.2, 0) is 10.0 Å². The molecule has 2 rings (SSSR count). The normalized spacial score (nSPS) is 13.6. The summed E-state index contributed by atoms with van der Waals surface area (Å²) < 4.78 is 27.3. The van der Waals surface area contributed by atoms with Crippen LogP contribution in [0.25, 0.3) is 0 Å². The molecule has 1 aromatic heterocycles. The van der Waals surface area contributed by atoms with E-state index in [1.54, 1.807) is 0 Å². The molecular weight excluding hydrogens is 274 g/mol. The summed E-state index contributed by atoms with van der Waals surface area (Å²) in [6, 6.07) is 9.37. The van der Waals surface area contributed by atoms with Crippen LogP contribution in [0.3, 0.4) is 0 Å². The number of rotatable bonds is 6. The molecule has 0 amide bonds. The predicted molar refractivity (Wildman–Crippen MR) is 77.5 cm³/mol. The Hall–Kier alpha value is -1.66. The molecule has 0 radical (unpaired) electrons. The van der Waals surface area contributed by atoms with Crippen LogP contribution in [-0.4, -0.2) is 18.6 Å². The SMILES string of the molecule is CC(C)CC(NS(=O)(=O)c1cn[nH]c1)c1ccccc1. The Morgan fingerprint density at radius 3 is 2.50 bits per heavy atom. The Balaban J connectivity index is 2.25.